The highest BCUT2D eigenvalue weighted by molar-refractivity contribution is 7.47. The fraction of sp³-hybridized carbons (Fsp3) is 0.671. The lowest BCUT2D eigenvalue weighted by atomic mass is 10.0. The molecule has 79 heavy (non-hydrogen) atoms. The van der Waals surface area contributed by atoms with E-state index in [9.17, 15) is 19.4 Å². The molecule has 0 aromatic carbocycles. The summed E-state index contributed by atoms with van der Waals surface area (Å²) < 4.78 is 23.7. The summed E-state index contributed by atoms with van der Waals surface area (Å²) in [6, 6.07) is -0.882. The van der Waals surface area contributed by atoms with Gasteiger partial charge >= 0.3 is 7.82 Å². The second kappa shape index (κ2) is 59.3. The number of rotatable bonds is 57. The van der Waals surface area contributed by atoms with Gasteiger partial charge in [-0.3, -0.25) is 13.8 Å². The first-order chi connectivity index (χ1) is 38.5. The first-order valence-electron chi connectivity index (χ1n) is 32.1. The van der Waals surface area contributed by atoms with Crippen LogP contribution in [-0.2, 0) is 18.4 Å². The quantitative estimate of drug-likeness (QED) is 0.0243. The molecule has 0 saturated carbocycles. The summed E-state index contributed by atoms with van der Waals surface area (Å²) in [7, 11) is 1.53. The highest BCUT2D eigenvalue weighted by Crippen LogP contribution is 2.43. The molecule has 8 nitrogen and oxygen atoms in total. The number of carbonyl (C=O) groups is 1. The molecule has 3 atom stereocenters. The number of carbonyl (C=O) groups excluding carboxylic acids is 1. The summed E-state index contributed by atoms with van der Waals surface area (Å²) in [6.07, 6.45) is 90.0. The van der Waals surface area contributed by atoms with E-state index in [1.807, 2.05) is 27.2 Å². The van der Waals surface area contributed by atoms with Crippen molar-refractivity contribution in [3.05, 3.63) is 134 Å². The van der Waals surface area contributed by atoms with Crippen LogP contribution >= 0.6 is 7.82 Å². The molecule has 0 aliphatic rings. The first-order valence-corrected chi connectivity index (χ1v) is 33.6. The number of phosphoric acid groups is 1. The lowest BCUT2D eigenvalue weighted by Gasteiger charge is -2.25. The van der Waals surface area contributed by atoms with Crippen molar-refractivity contribution < 1.29 is 32.9 Å². The molecule has 3 N–H and O–H groups in total. The van der Waals surface area contributed by atoms with E-state index in [0.29, 0.717) is 23.9 Å². The Bertz CT molecular complexity index is 1750. The van der Waals surface area contributed by atoms with Gasteiger partial charge in [0.2, 0.25) is 5.91 Å². The van der Waals surface area contributed by atoms with E-state index in [4.69, 9.17) is 9.05 Å². The average molecular weight is 1120 g/mol. The number of aliphatic hydroxyl groups excluding tert-OH is 1. The van der Waals surface area contributed by atoms with Crippen molar-refractivity contribution in [1.82, 2.24) is 5.32 Å². The fourth-order valence-electron chi connectivity index (χ4n) is 8.66. The molecular weight excluding hydrogens is 996 g/mol. The highest BCUT2D eigenvalue weighted by atomic mass is 31.2. The molecule has 0 saturated heterocycles. The maximum absolute atomic E-state index is 13.0. The summed E-state index contributed by atoms with van der Waals surface area (Å²) in [5.74, 6) is -0.223. The smallest absolute Gasteiger partial charge is 0.387 e. The van der Waals surface area contributed by atoms with Crippen molar-refractivity contribution in [1.29, 1.82) is 0 Å². The zero-order valence-electron chi connectivity index (χ0n) is 51.6. The SMILES string of the molecule is CC/C=C\C/C=C\C/C=C\C/C=C\C/C=C\C/C=C\C/C=C\C/C=C\C/C=C\C/C=C\CCCCC(=O)NC(COP(=O)(O)OCC[N+](C)(C)C)C(O)/C=C/CCCCCCCCCCCCCCCCCCCCCCCC. The molecule has 0 aliphatic carbocycles. The Morgan fingerprint density at radius 1 is 0.443 bits per heavy atom. The number of quaternary nitrogens is 1. The van der Waals surface area contributed by atoms with Gasteiger partial charge in [0.25, 0.3) is 0 Å². The lowest BCUT2D eigenvalue weighted by molar-refractivity contribution is -0.870. The Morgan fingerprint density at radius 3 is 1.11 bits per heavy atom. The van der Waals surface area contributed by atoms with Crippen LogP contribution in [0.5, 0.6) is 0 Å². The van der Waals surface area contributed by atoms with Gasteiger partial charge in [0.15, 0.2) is 0 Å². The van der Waals surface area contributed by atoms with Gasteiger partial charge < -0.3 is 19.8 Å². The summed E-state index contributed by atoms with van der Waals surface area (Å²) in [5, 5.41) is 13.9. The summed E-state index contributed by atoms with van der Waals surface area (Å²) in [6.45, 7) is 4.67. The van der Waals surface area contributed by atoms with Gasteiger partial charge in [-0.15, -0.1) is 0 Å². The van der Waals surface area contributed by atoms with E-state index in [-0.39, 0.29) is 19.1 Å². The molecule has 0 aliphatic heterocycles. The van der Waals surface area contributed by atoms with E-state index >= 15 is 0 Å². The topological polar surface area (TPSA) is 105 Å². The zero-order valence-corrected chi connectivity index (χ0v) is 52.5. The van der Waals surface area contributed by atoms with Crippen LogP contribution in [0.25, 0.3) is 0 Å². The molecular formula is C70H122N2O6P+. The van der Waals surface area contributed by atoms with Crippen molar-refractivity contribution >= 4 is 13.7 Å². The number of allylic oxidation sites excluding steroid dienone is 21. The van der Waals surface area contributed by atoms with Gasteiger partial charge in [0.05, 0.1) is 39.9 Å². The Hall–Kier alpha value is -3.36. The third-order valence-electron chi connectivity index (χ3n) is 13.6. The Morgan fingerprint density at radius 2 is 0.759 bits per heavy atom. The monoisotopic (exact) mass is 1120 g/mol. The molecule has 1 amide bonds. The van der Waals surface area contributed by atoms with E-state index in [2.05, 4.69) is 141 Å². The van der Waals surface area contributed by atoms with E-state index in [1.54, 1.807) is 6.08 Å². The molecule has 0 rings (SSSR count). The molecule has 0 bridgehead atoms. The van der Waals surface area contributed by atoms with Crippen molar-refractivity contribution in [2.24, 2.45) is 0 Å². The third kappa shape index (κ3) is 62.1. The fourth-order valence-corrected chi connectivity index (χ4v) is 9.39. The number of amides is 1. The average Bonchev–Trinajstić information content (AvgIpc) is 3.42. The first kappa shape index (κ1) is 75.6. The van der Waals surface area contributed by atoms with Crippen molar-refractivity contribution in [3.8, 4) is 0 Å². The molecule has 9 heteroatoms. The minimum absolute atomic E-state index is 0.0458. The normalized spacial score (nSPS) is 14.7. The maximum atomic E-state index is 13.0. The Balaban J connectivity index is 4.30. The number of aliphatic hydroxyl groups is 1. The summed E-state index contributed by atoms with van der Waals surface area (Å²) >= 11 is 0. The number of hydrogen-bond donors (Lipinski definition) is 3. The molecule has 0 aromatic heterocycles. The van der Waals surface area contributed by atoms with Gasteiger partial charge in [-0.05, 0) is 96.3 Å². The summed E-state index contributed by atoms with van der Waals surface area (Å²) in [5.41, 5.74) is 0. The van der Waals surface area contributed by atoms with Gasteiger partial charge in [0.1, 0.15) is 13.2 Å². The highest BCUT2D eigenvalue weighted by Gasteiger charge is 2.27. The van der Waals surface area contributed by atoms with E-state index in [1.165, 1.54) is 128 Å². The Kier molecular flexibility index (Phi) is 56.7. The number of nitrogens with zero attached hydrogens (tertiary/aromatic N) is 1. The van der Waals surface area contributed by atoms with Gasteiger partial charge in [-0.2, -0.15) is 0 Å². The number of unbranched alkanes of at least 4 members (excludes halogenated alkanes) is 24. The number of hydrogen-bond acceptors (Lipinski definition) is 5. The summed E-state index contributed by atoms with van der Waals surface area (Å²) in [4.78, 5) is 23.4. The maximum Gasteiger partial charge on any atom is 0.472 e. The number of nitrogens with one attached hydrogen (secondary N) is 1. The molecule has 0 fully saturated rings. The molecule has 0 aromatic rings. The van der Waals surface area contributed by atoms with Crippen LogP contribution in [0.2, 0.25) is 0 Å². The van der Waals surface area contributed by atoms with Crippen molar-refractivity contribution in [2.75, 3.05) is 40.9 Å². The van der Waals surface area contributed by atoms with Crippen LogP contribution in [0, 0.1) is 0 Å². The molecule has 3 unspecified atom stereocenters. The predicted molar refractivity (Wildman–Crippen MR) is 345 cm³/mol. The minimum atomic E-state index is -4.37. The van der Waals surface area contributed by atoms with Crippen LogP contribution in [0.3, 0.4) is 0 Å². The molecule has 0 heterocycles. The third-order valence-corrected chi connectivity index (χ3v) is 14.6. The van der Waals surface area contributed by atoms with Crippen LogP contribution in [-0.4, -0.2) is 73.4 Å². The van der Waals surface area contributed by atoms with E-state index in [0.717, 1.165) is 96.3 Å². The standard InChI is InChI=1S/C70H121N2O6P/c1-6-8-10-12-14-16-18-20-22-24-26-28-30-32-33-34-35-36-37-38-39-40-42-44-46-48-50-52-54-56-58-60-62-64-70(74)71-68(67-78-79(75,76)77-66-65-72(3,4)5)69(73)63-61-59-57-55-53-51-49-47-45-43-41-31-29-27-25-23-21-19-17-15-13-11-9-7-2/h8,10,14,16,20,22,26,28,32-33,35-36,38-39,42,44,48,50,54,56,61,63,68-69,73H,6-7,9,11-13,15,17-19,21,23-25,27,29-31,34,37,40-41,43,45-47,49,51-53,55,57-60,62,64-67H2,1-5H3,(H-,71,74,75,76)/p+1/b10-8-,16-14-,22-20-,28-26-,33-32-,36-35-,39-38-,44-42-,50-48-,56-54-,63-61+. The second-order valence-electron chi connectivity index (χ2n) is 22.4. The van der Waals surface area contributed by atoms with Crippen molar-refractivity contribution in [2.45, 2.75) is 264 Å². The zero-order chi connectivity index (χ0) is 57.7. The van der Waals surface area contributed by atoms with E-state index < -0.39 is 20.0 Å². The Labute approximate surface area is 487 Å². The van der Waals surface area contributed by atoms with Crippen LogP contribution < -0.4 is 5.32 Å². The van der Waals surface area contributed by atoms with Crippen LogP contribution in [0.4, 0.5) is 0 Å². The lowest BCUT2D eigenvalue weighted by Crippen LogP contribution is -2.45. The van der Waals surface area contributed by atoms with Crippen molar-refractivity contribution in [3.63, 3.8) is 0 Å². The molecule has 0 radical (unpaired) electrons. The predicted octanol–water partition coefficient (Wildman–Crippen LogP) is 20.3. The van der Waals surface area contributed by atoms with Gasteiger partial charge in [0, 0.05) is 6.42 Å². The minimum Gasteiger partial charge on any atom is -0.387 e. The van der Waals surface area contributed by atoms with Gasteiger partial charge in [-0.1, -0.05) is 282 Å². The molecule has 0 spiro atoms. The molecule has 452 valence electrons. The van der Waals surface area contributed by atoms with Crippen LogP contribution in [0.1, 0.15) is 251 Å². The largest absolute Gasteiger partial charge is 0.472 e. The van der Waals surface area contributed by atoms with Gasteiger partial charge in [-0.25, -0.2) is 4.57 Å². The number of likely N-dealkylation sites (N-methyl/N-ethyl adjacent to an activating group) is 1. The number of phosphoric ester groups is 1. The second-order valence-corrected chi connectivity index (χ2v) is 23.9. The van der Waals surface area contributed by atoms with Crippen LogP contribution in [0.15, 0.2) is 134 Å².